The number of nitrogens with zero attached hydrogens (tertiary/aromatic N) is 1. The number of benzene rings is 3. The molecule has 9 nitrogen and oxygen atoms in total. The second-order valence-electron chi connectivity index (χ2n) is 9.63. The second kappa shape index (κ2) is 14.5. The molecule has 2 N–H and O–H groups in total. The minimum atomic E-state index is -3.57. The van der Waals surface area contributed by atoms with E-state index in [-0.39, 0.29) is 36.2 Å². The molecule has 0 aliphatic heterocycles. The molecule has 4 aromatic rings. The first-order chi connectivity index (χ1) is 20.3. The van der Waals surface area contributed by atoms with Crippen molar-refractivity contribution < 1.29 is 27.2 Å². The first kappa shape index (κ1) is 30.5. The van der Waals surface area contributed by atoms with Crippen molar-refractivity contribution in [3.8, 4) is 5.75 Å². The Morgan fingerprint density at radius 1 is 0.905 bits per heavy atom. The molecule has 1 atom stereocenters. The third-order valence-corrected chi connectivity index (χ3v) is 8.28. The van der Waals surface area contributed by atoms with E-state index in [1.54, 1.807) is 43.2 Å². The summed E-state index contributed by atoms with van der Waals surface area (Å²) in [5, 5.41) is 2.92. The van der Waals surface area contributed by atoms with Gasteiger partial charge in [0.2, 0.25) is 21.8 Å². The van der Waals surface area contributed by atoms with Crippen molar-refractivity contribution in [3.63, 3.8) is 0 Å². The zero-order valence-electron chi connectivity index (χ0n) is 23.7. The number of ether oxygens (including phenoxy) is 1. The summed E-state index contributed by atoms with van der Waals surface area (Å²) < 4.78 is 37.7. The van der Waals surface area contributed by atoms with E-state index in [0.29, 0.717) is 30.0 Å². The van der Waals surface area contributed by atoms with Crippen molar-refractivity contribution in [1.82, 2.24) is 14.9 Å². The topological polar surface area (TPSA) is 118 Å². The van der Waals surface area contributed by atoms with Crippen molar-refractivity contribution >= 4 is 21.8 Å². The van der Waals surface area contributed by atoms with E-state index in [0.717, 1.165) is 11.1 Å². The molecule has 0 fully saturated rings. The van der Waals surface area contributed by atoms with Crippen LogP contribution in [0.3, 0.4) is 0 Å². The van der Waals surface area contributed by atoms with Gasteiger partial charge in [-0.15, -0.1) is 0 Å². The van der Waals surface area contributed by atoms with Crippen molar-refractivity contribution in [1.29, 1.82) is 0 Å². The number of sulfonamides is 1. The summed E-state index contributed by atoms with van der Waals surface area (Å²) >= 11 is 0. The summed E-state index contributed by atoms with van der Waals surface area (Å²) in [6.45, 7) is 2.38. The van der Waals surface area contributed by atoms with E-state index < -0.39 is 16.1 Å². The smallest absolute Gasteiger partial charge is 0.247 e. The Kier molecular flexibility index (Phi) is 10.5. The molecule has 0 aliphatic rings. The number of nitrogens with one attached hydrogen (secondary N) is 2. The van der Waals surface area contributed by atoms with E-state index in [4.69, 9.17) is 9.15 Å². The lowest BCUT2D eigenvalue weighted by Gasteiger charge is -2.32. The highest BCUT2D eigenvalue weighted by molar-refractivity contribution is 7.89. The highest BCUT2D eigenvalue weighted by Gasteiger charge is 2.31. The van der Waals surface area contributed by atoms with Crippen molar-refractivity contribution in [2.75, 3.05) is 13.7 Å². The van der Waals surface area contributed by atoms with Gasteiger partial charge in [-0.05, 0) is 59.5 Å². The maximum atomic E-state index is 13.9. The fourth-order valence-corrected chi connectivity index (χ4v) is 5.59. The number of aryl methyl sites for hydroxylation is 1. The maximum Gasteiger partial charge on any atom is 0.247 e. The van der Waals surface area contributed by atoms with Gasteiger partial charge in [0.25, 0.3) is 0 Å². The Hall–Kier alpha value is -4.41. The number of hydrogen-bond acceptors (Lipinski definition) is 6. The standard InChI is InChI=1S/C32H35N3O6S/c1-3-34-42(38,39)29-18-13-24(14-19-29)15-20-30(36)35(23-25-11-16-27(40-2)17-12-25)31(26-8-5-4-6-9-26)32(37)33-22-28-10-7-21-41-28/h4-14,16-19,21,31,34H,3,15,20,22-23H2,1-2H3,(H,33,37). The number of carbonyl (C=O) groups is 2. The van der Waals surface area contributed by atoms with Crippen molar-refractivity contribution in [3.05, 3.63) is 120 Å². The average Bonchev–Trinajstić information content (AvgIpc) is 3.53. The molecule has 10 heteroatoms. The van der Waals surface area contributed by atoms with Gasteiger partial charge in [-0.1, -0.05) is 61.5 Å². The first-order valence-corrected chi connectivity index (χ1v) is 15.1. The Morgan fingerprint density at radius 3 is 2.21 bits per heavy atom. The highest BCUT2D eigenvalue weighted by Crippen LogP contribution is 2.26. The fourth-order valence-electron chi connectivity index (χ4n) is 4.55. The normalized spacial score (nSPS) is 12.0. The van der Waals surface area contributed by atoms with Crippen LogP contribution < -0.4 is 14.8 Å². The molecular weight excluding hydrogens is 554 g/mol. The number of carbonyl (C=O) groups excluding carboxylic acids is 2. The highest BCUT2D eigenvalue weighted by atomic mass is 32.2. The Bertz CT molecular complexity index is 1540. The van der Waals surface area contributed by atoms with Crippen LogP contribution in [0.2, 0.25) is 0 Å². The third-order valence-electron chi connectivity index (χ3n) is 6.72. The lowest BCUT2D eigenvalue weighted by Crippen LogP contribution is -2.43. The van der Waals surface area contributed by atoms with E-state index >= 15 is 0 Å². The zero-order valence-corrected chi connectivity index (χ0v) is 24.5. The van der Waals surface area contributed by atoms with Gasteiger partial charge in [-0.25, -0.2) is 13.1 Å². The van der Waals surface area contributed by atoms with E-state index in [1.165, 1.54) is 18.4 Å². The minimum Gasteiger partial charge on any atom is -0.497 e. The summed E-state index contributed by atoms with van der Waals surface area (Å²) in [6, 6.07) is 25.6. The minimum absolute atomic E-state index is 0.115. The zero-order chi connectivity index (χ0) is 30.0. The van der Waals surface area contributed by atoms with Crippen LogP contribution in [0, 0.1) is 0 Å². The molecule has 2 amide bonds. The predicted octanol–water partition coefficient (Wildman–Crippen LogP) is 4.61. The van der Waals surface area contributed by atoms with Crippen molar-refractivity contribution in [2.24, 2.45) is 0 Å². The second-order valence-corrected chi connectivity index (χ2v) is 11.4. The molecule has 0 spiro atoms. The van der Waals surface area contributed by atoms with Crippen LogP contribution in [0.25, 0.3) is 0 Å². The van der Waals surface area contributed by atoms with E-state index in [1.807, 2.05) is 54.6 Å². The molecule has 3 aromatic carbocycles. The van der Waals surface area contributed by atoms with E-state index in [2.05, 4.69) is 10.0 Å². The predicted molar refractivity (Wildman–Crippen MR) is 159 cm³/mol. The maximum absolute atomic E-state index is 13.9. The number of hydrogen-bond donors (Lipinski definition) is 2. The summed E-state index contributed by atoms with van der Waals surface area (Å²) in [4.78, 5) is 29.4. The fraction of sp³-hybridized carbons (Fsp3) is 0.250. The molecule has 4 rings (SSSR count). The summed E-state index contributed by atoms with van der Waals surface area (Å²) in [6.07, 6.45) is 2.03. The van der Waals surface area contributed by atoms with Crippen LogP contribution in [0.4, 0.5) is 0 Å². The molecule has 0 aliphatic carbocycles. The molecule has 0 saturated heterocycles. The van der Waals surface area contributed by atoms with Gasteiger partial charge < -0.3 is 19.4 Å². The summed E-state index contributed by atoms with van der Waals surface area (Å²) in [5.74, 6) is 0.726. The van der Waals surface area contributed by atoms with Crippen LogP contribution in [0.5, 0.6) is 5.75 Å². The van der Waals surface area contributed by atoms with Crippen molar-refractivity contribution in [2.45, 2.75) is 43.8 Å². The largest absolute Gasteiger partial charge is 0.497 e. The monoisotopic (exact) mass is 589 g/mol. The Labute approximate surface area is 246 Å². The molecule has 220 valence electrons. The molecule has 1 aromatic heterocycles. The number of amides is 2. The quantitative estimate of drug-likeness (QED) is 0.222. The SMILES string of the molecule is CCNS(=O)(=O)c1ccc(CCC(=O)N(Cc2ccc(OC)cc2)C(C(=O)NCc2ccco2)c2ccccc2)cc1. The molecule has 1 heterocycles. The third kappa shape index (κ3) is 8.08. The Balaban J connectivity index is 1.59. The molecule has 42 heavy (non-hydrogen) atoms. The molecular formula is C32H35N3O6S. The lowest BCUT2D eigenvalue weighted by atomic mass is 10.0. The van der Waals surface area contributed by atoms with Gasteiger partial charge in [-0.2, -0.15) is 0 Å². The van der Waals surface area contributed by atoms with Gasteiger partial charge in [0, 0.05) is 19.5 Å². The lowest BCUT2D eigenvalue weighted by molar-refractivity contribution is -0.141. The van der Waals surface area contributed by atoms with Gasteiger partial charge in [0.15, 0.2) is 0 Å². The first-order valence-electron chi connectivity index (χ1n) is 13.7. The summed E-state index contributed by atoms with van der Waals surface area (Å²) in [5.41, 5.74) is 2.32. The van der Waals surface area contributed by atoms with Gasteiger partial charge >= 0.3 is 0 Å². The number of methoxy groups -OCH3 is 1. The van der Waals surface area contributed by atoms with E-state index in [9.17, 15) is 18.0 Å². The van der Waals surface area contributed by atoms with Crippen LogP contribution >= 0.6 is 0 Å². The number of furan rings is 1. The van der Waals surface area contributed by atoms with Gasteiger partial charge in [0.1, 0.15) is 17.6 Å². The molecule has 0 saturated carbocycles. The van der Waals surface area contributed by atoms with Crippen LogP contribution in [0.1, 0.15) is 41.8 Å². The van der Waals surface area contributed by atoms with Gasteiger partial charge in [0.05, 0.1) is 24.8 Å². The van der Waals surface area contributed by atoms with Crippen LogP contribution in [-0.4, -0.2) is 38.8 Å². The summed E-state index contributed by atoms with van der Waals surface area (Å²) in [7, 11) is -1.98. The molecule has 1 unspecified atom stereocenters. The molecule has 0 radical (unpaired) electrons. The van der Waals surface area contributed by atoms with Crippen LogP contribution in [-0.2, 0) is 39.1 Å². The van der Waals surface area contributed by atoms with Gasteiger partial charge in [-0.3, -0.25) is 9.59 Å². The number of rotatable bonds is 14. The molecule has 0 bridgehead atoms. The average molecular weight is 590 g/mol. The van der Waals surface area contributed by atoms with Crippen LogP contribution in [0.15, 0.2) is 107 Å². The Morgan fingerprint density at radius 2 is 1.60 bits per heavy atom.